The summed E-state index contributed by atoms with van der Waals surface area (Å²) in [6.07, 6.45) is 15.8. The zero-order chi connectivity index (χ0) is 35.6. The molecule has 0 saturated carbocycles. The predicted molar refractivity (Wildman–Crippen MR) is 182 cm³/mol. The third-order valence-electron chi connectivity index (χ3n) is 7.91. The van der Waals surface area contributed by atoms with Crippen LogP contribution in [-0.2, 0) is 38.4 Å². The van der Waals surface area contributed by atoms with Crippen LogP contribution in [0.1, 0.15) is 138 Å². The Kier molecular flexibility index (Phi) is 18.1. The van der Waals surface area contributed by atoms with Crippen LogP contribution in [0, 0.1) is 0 Å². The van der Waals surface area contributed by atoms with E-state index >= 15 is 0 Å². The van der Waals surface area contributed by atoms with Crippen LogP contribution in [0.15, 0.2) is 30.3 Å². The van der Waals surface area contributed by atoms with E-state index in [9.17, 15) is 31.8 Å². The van der Waals surface area contributed by atoms with Crippen molar-refractivity contribution in [2.45, 2.75) is 136 Å². The van der Waals surface area contributed by atoms with Crippen LogP contribution in [0.5, 0.6) is 23.0 Å². The molecular formula is C34H52O12S2. The number of hydrogen-bond acceptors (Lipinski definition) is 10. The molecule has 0 radical (unpaired) electrons. The smallest absolute Gasteiger partial charge is 0.446 e. The number of rotatable bonds is 25. The lowest BCUT2D eigenvalue weighted by Crippen LogP contribution is -2.19. The molecule has 2 rings (SSSR count). The second-order valence-corrected chi connectivity index (χ2v) is 14.2. The summed E-state index contributed by atoms with van der Waals surface area (Å²) < 4.78 is 77.0. The van der Waals surface area contributed by atoms with Crippen molar-refractivity contribution in [1.82, 2.24) is 0 Å². The molecule has 0 aliphatic heterocycles. The number of esters is 1. The predicted octanol–water partition coefficient (Wildman–Crippen LogP) is 8.05. The van der Waals surface area contributed by atoms with E-state index in [-0.39, 0.29) is 34.7 Å². The van der Waals surface area contributed by atoms with Crippen LogP contribution >= 0.6 is 0 Å². The van der Waals surface area contributed by atoms with Crippen LogP contribution in [0.3, 0.4) is 0 Å². The van der Waals surface area contributed by atoms with Gasteiger partial charge in [-0.3, -0.25) is 9.11 Å². The third-order valence-corrected chi connectivity index (χ3v) is 8.71. The summed E-state index contributed by atoms with van der Waals surface area (Å²) >= 11 is 0. The molecule has 0 fully saturated rings. The van der Waals surface area contributed by atoms with Crippen molar-refractivity contribution in [2.75, 3.05) is 0 Å². The van der Waals surface area contributed by atoms with E-state index in [4.69, 9.17) is 13.8 Å². The van der Waals surface area contributed by atoms with Crippen molar-refractivity contribution in [3.8, 4) is 23.0 Å². The Labute approximate surface area is 285 Å². The van der Waals surface area contributed by atoms with Gasteiger partial charge in [0.2, 0.25) is 0 Å². The SMILES string of the molecule is CCCCCCCCCCc1cc(O)cc(O)c1C(=O)O[C@@H](CCC)CCCCCCCc1cc(OS(=O)(=O)O)cc(OS(=O)(=O)O)c1. The minimum atomic E-state index is -4.86. The van der Waals surface area contributed by atoms with Gasteiger partial charge in [-0.05, 0) is 74.3 Å². The van der Waals surface area contributed by atoms with Gasteiger partial charge in [-0.2, -0.15) is 16.8 Å². The summed E-state index contributed by atoms with van der Waals surface area (Å²) in [5.41, 5.74) is 1.18. The average Bonchev–Trinajstić information content (AvgIpc) is 2.95. The van der Waals surface area contributed by atoms with E-state index in [2.05, 4.69) is 15.3 Å². The number of phenolic OH excluding ortho intramolecular Hbond substituents is 2. The maximum absolute atomic E-state index is 13.3. The normalized spacial score (nSPS) is 12.5. The minimum absolute atomic E-state index is 0.0882. The van der Waals surface area contributed by atoms with E-state index < -0.39 is 26.8 Å². The summed E-state index contributed by atoms with van der Waals surface area (Å²) in [5.74, 6) is -1.69. The number of unbranched alkanes of at least 4 members (excludes halogenated alkanes) is 11. The highest BCUT2D eigenvalue weighted by atomic mass is 32.3. The molecule has 0 bridgehead atoms. The van der Waals surface area contributed by atoms with Gasteiger partial charge in [-0.25, -0.2) is 4.79 Å². The third kappa shape index (κ3) is 17.4. The van der Waals surface area contributed by atoms with Gasteiger partial charge in [0.15, 0.2) is 0 Å². The summed E-state index contributed by atoms with van der Waals surface area (Å²) in [6, 6.07) is 6.25. The van der Waals surface area contributed by atoms with Crippen molar-refractivity contribution in [2.24, 2.45) is 0 Å². The average molecular weight is 717 g/mol. The first-order valence-corrected chi connectivity index (χ1v) is 19.7. The molecule has 0 aromatic heterocycles. The van der Waals surface area contributed by atoms with E-state index in [1.807, 2.05) is 6.92 Å². The standard InChI is InChI=1S/C34H52O12S2/c1-3-5-6-7-8-9-12-15-19-27-23-28(35)24-32(36)33(27)34(37)44-29(17-4-2)20-16-13-10-11-14-18-26-21-30(45-47(38,39)40)25-31(22-26)46-48(41,42)43/h21-25,29,35-36H,3-20H2,1-2H3,(H,38,39,40)(H,41,42,43)/t29-/m0/s1. The van der Waals surface area contributed by atoms with Gasteiger partial charge in [0.05, 0.1) is 0 Å². The quantitative estimate of drug-likeness (QED) is 0.0439. The summed E-state index contributed by atoms with van der Waals surface area (Å²) in [6.45, 7) is 4.20. The molecule has 1 atom stereocenters. The lowest BCUT2D eigenvalue weighted by atomic mass is 9.98. The molecule has 0 aliphatic rings. The fourth-order valence-corrected chi connectivity index (χ4v) is 6.37. The van der Waals surface area contributed by atoms with E-state index in [1.54, 1.807) is 0 Å². The minimum Gasteiger partial charge on any atom is -0.508 e. The van der Waals surface area contributed by atoms with E-state index in [1.165, 1.54) is 56.4 Å². The first-order chi connectivity index (χ1) is 22.7. The van der Waals surface area contributed by atoms with Crippen LogP contribution in [-0.4, -0.2) is 48.2 Å². The Morgan fingerprint density at radius 1 is 0.646 bits per heavy atom. The fourth-order valence-electron chi connectivity index (χ4n) is 5.69. The number of carbonyl (C=O) groups excluding carboxylic acids is 1. The molecule has 2 aromatic rings. The van der Waals surface area contributed by atoms with Gasteiger partial charge < -0.3 is 23.3 Å². The summed E-state index contributed by atoms with van der Waals surface area (Å²) in [7, 11) is -9.72. The highest BCUT2D eigenvalue weighted by Crippen LogP contribution is 2.31. The first kappa shape index (κ1) is 41.1. The Hall–Kier alpha value is -3.07. The second kappa shape index (κ2) is 21.1. The van der Waals surface area contributed by atoms with Crippen molar-refractivity contribution < 1.29 is 54.1 Å². The molecular weight excluding hydrogens is 664 g/mol. The van der Waals surface area contributed by atoms with Crippen LogP contribution in [0.25, 0.3) is 0 Å². The Bertz CT molecular complexity index is 1440. The molecule has 4 N–H and O–H groups in total. The van der Waals surface area contributed by atoms with Crippen LogP contribution in [0.4, 0.5) is 0 Å². The molecule has 12 nitrogen and oxygen atoms in total. The monoisotopic (exact) mass is 716 g/mol. The fraction of sp³-hybridized carbons (Fsp3) is 0.618. The summed E-state index contributed by atoms with van der Waals surface area (Å²) in [5, 5.41) is 20.6. The van der Waals surface area contributed by atoms with Crippen LogP contribution < -0.4 is 8.37 Å². The van der Waals surface area contributed by atoms with E-state index in [0.29, 0.717) is 43.2 Å². The zero-order valence-electron chi connectivity index (χ0n) is 28.1. The van der Waals surface area contributed by atoms with Gasteiger partial charge in [0.25, 0.3) is 0 Å². The molecule has 0 spiro atoms. The number of aromatic hydroxyl groups is 2. The number of carbonyl (C=O) groups is 1. The van der Waals surface area contributed by atoms with Gasteiger partial charge in [-0.15, -0.1) is 0 Å². The number of ether oxygens (including phenoxy) is 1. The first-order valence-electron chi connectivity index (χ1n) is 16.9. The molecule has 0 aliphatic carbocycles. The number of benzene rings is 2. The zero-order valence-corrected chi connectivity index (χ0v) is 29.7. The van der Waals surface area contributed by atoms with E-state index in [0.717, 1.165) is 57.4 Å². The lowest BCUT2D eigenvalue weighted by molar-refractivity contribution is 0.0249. The number of phenols is 2. The van der Waals surface area contributed by atoms with Gasteiger partial charge in [0, 0.05) is 12.1 Å². The Morgan fingerprint density at radius 2 is 1.17 bits per heavy atom. The van der Waals surface area contributed by atoms with Gasteiger partial charge >= 0.3 is 26.8 Å². The highest BCUT2D eigenvalue weighted by molar-refractivity contribution is 7.81. The van der Waals surface area contributed by atoms with Crippen molar-refractivity contribution in [3.63, 3.8) is 0 Å². The van der Waals surface area contributed by atoms with Gasteiger partial charge in [-0.1, -0.05) is 84.5 Å². The summed E-state index contributed by atoms with van der Waals surface area (Å²) in [4.78, 5) is 13.3. The Morgan fingerprint density at radius 3 is 1.71 bits per heavy atom. The largest absolute Gasteiger partial charge is 0.508 e. The maximum atomic E-state index is 13.3. The lowest BCUT2D eigenvalue weighted by Gasteiger charge is -2.19. The Balaban J connectivity index is 1.86. The molecule has 0 amide bonds. The van der Waals surface area contributed by atoms with Crippen molar-refractivity contribution in [3.05, 3.63) is 47.0 Å². The molecule has 272 valence electrons. The number of aryl methyl sites for hydroxylation is 2. The number of hydrogen-bond donors (Lipinski definition) is 4. The maximum Gasteiger partial charge on any atom is 0.446 e. The molecule has 48 heavy (non-hydrogen) atoms. The van der Waals surface area contributed by atoms with Crippen molar-refractivity contribution in [1.29, 1.82) is 0 Å². The molecule has 0 heterocycles. The topological polar surface area (TPSA) is 194 Å². The second-order valence-electron chi connectivity index (χ2n) is 12.2. The van der Waals surface area contributed by atoms with Crippen molar-refractivity contribution >= 4 is 26.8 Å². The van der Waals surface area contributed by atoms with Crippen LogP contribution in [0.2, 0.25) is 0 Å². The molecule has 0 unspecified atom stereocenters. The molecule has 2 aromatic carbocycles. The molecule has 0 saturated heterocycles. The molecule has 14 heteroatoms. The van der Waals surface area contributed by atoms with Gasteiger partial charge in [0.1, 0.15) is 34.7 Å². The highest BCUT2D eigenvalue weighted by Gasteiger charge is 2.23.